The van der Waals surface area contributed by atoms with Gasteiger partial charge in [-0.05, 0) is 43.7 Å². The fraction of sp³-hybridized carbons (Fsp3) is 0.353. The minimum absolute atomic E-state index is 0.282. The Balaban J connectivity index is 1.71. The van der Waals surface area contributed by atoms with Crippen molar-refractivity contribution in [1.29, 1.82) is 0 Å². The Labute approximate surface area is 143 Å². The minimum Gasteiger partial charge on any atom is -0.397 e. The number of aromatic nitrogens is 2. The topological polar surface area (TPSA) is 94.0 Å². The highest BCUT2D eigenvalue weighted by Gasteiger charge is 2.22. The Morgan fingerprint density at radius 1 is 1.46 bits per heavy atom. The summed E-state index contributed by atoms with van der Waals surface area (Å²) in [5, 5.41) is 7.36. The number of hydrogen-bond donors (Lipinski definition) is 2. The third-order valence-electron chi connectivity index (χ3n) is 4.41. The predicted molar refractivity (Wildman–Crippen MR) is 94.4 cm³/mol. The summed E-state index contributed by atoms with van der Waals surface area (Å²) in [6.45, 7) is 4.02. The van der Waals surface area contributed by atoms with Crippen molar-refractivity contribution in [3.05, 3.63) is 34.0 Å². The van der Waals surface area contributed by atoms with Gasteiger partial charge in [0.05, 0.1) is 5.69 Å². The van der Waals surface area contributed by atoms with Crippen molar-refractivity contribution in [2.75, 3.05) is 11.1 Å². The number of rotatable bonds is 2. The molecule has 1 amide bonds. The largest absolute Gasteiger partial charge is 0.397 e. The molecule has 0 aliphatic heterocycles. The van der Waals surface area contributed by atoms with Crippen LogP contribution in [-0.2, 0) is 12.8 Å². The number of nitrogens with zero attached hydrogens (tertiary/aromatic N) is 2. The molecule has 1 aliphatic rings. The molecular formula is C17H18N4O2S. The van der Waals surface area contributed by atoms with Gasteiger partial charge < -0.3 is 15.6 Å². The Hall–Kier alpha value is -2.41. The van der Waals surface area contributed by atoms with E-state index in [2.05, 4.69) is 23.5 Å². The van der Waals surface area contributed by atoms with Gasteiger partial charge in [-0.1, -0.05) is 12.1 Å². The number of carbonyl (C=O) groups excluding carboxylic acids is 1. The first-order valence-corrected chi connectivity index (χ1v) is 8.78. The van der Waals surface area contributed by atoms with E-state index < -0.39 is 0 Å². The van der Waals surface area contributed by atoms with Gasteiger partial charge in [0, 0.05) is 17.1 Å². The summed E-state index contributed by atoms with van der Waals surface area (Å²) in [4.78, 5) is 18.5. The Kier molecular flexibility index (Phi) is 3.53. The van der Waals surface area contributed by atoms with Gasteiger partial charge in [0.1, 0.15) is 15.5 Å². The van der Waals surface area contributed by atoms with Crippen LogP contribution < -0.4 is 11.1 Å². The van der Waals surface area contributed by atoms with Crippen LogP contribution in [0.2, 0.25) is 0 Å². The first-order chi connectivity index (χ1) is 11.5. The molecule has 24 heavy (non-hydrogen) atoms. The van der Waals surface area contributed by atoms with Crippen molar-refractivity contribution in [3.8, 4) is 0 Å². The fourth-order valence-electron chi connectivity index (χ4n) is 3.14. The van der Waals surface area contributed by atoms with E-state index in [1.54, 1.807) is 13.0 Å². The molecule has 7 heteroatoms. The molecule has 6 nitrogen and oxygen atoms in total. The Morgan fingerprint density at radius 2 is 2.29 bits per heavy atom. The zero-order valence-electron chi connectivity index (χ0n) is 13.5. The normalized spacial score (nSPS) is 17.0. The van der Waals surface area contributed by atoms with Crippen molar-refractivity contribution in [1.82, 2.24) is 10.1 Å². The van der Waals surface area contributed by atoms with E-state index in [-0.39, 0.29) is 5.91 Å². The number of carbonyl (C=O) groups is 1. The molecule has 3 heterocycles. The lowest BCUT2D eigenvalue weighted by molar-refractivity contribution is 0.103. The Morgan fingerprint density at radius 3 is 3.04 bits per heavy atom. The van der Waals surface area contributed by atoms with E-state index in [0.717, 1.165) is 35.2 Å². The van der Waals surface area contributed by atoms with E-state index in [1.807, 2.05) is 0 Å². The number of pyridine rings is 1. The molecule has 0 aromatic carbocycles. The van der Waals surface area contributed by atoms with Gasteiger partial charge in [0.15, 0.2) is 5.82 Å². The zero-order valence-corrected chi connectivity index (χ0v) is 14.4. The summed E-state index contributed by atoms with van der Waals surface area (Å²) < 4.78 is 4.96. The lowest BCUT2D eigenvalue weighted by Gasteiger charge is -2.20. The lowest BCUT2D eigenvalue weighted by Crippen LogP contribution is -2.13. The van der Waals surface area contributed by atoms with Crippen molar-refractivity contribution >= 4 is 39.0 Å². The molecule has 1 aliphatic carbocycles. The van der Waals surface area contributed by atoms with Gasteiger partial charge in [-0.25, -0.2) is 4.98 Å². The number of thiophene rings is 1. The van der Waals surface area contributed by atoms with Crippen LogP contribution in [0.3, 0.4) is 0 Å². The van der Waals surface area contributed by atoms with Crippen LogP contribution in [0.4, 0.5) is 11.5 Å². The maximum Gasteiger partial charge on any atom is 0.269 e. The van der Waals surface area contributed by atoms with Crippen LogP contribution in [-0.4, -0.2) is 16.0 Å². The number of fused-ring (bicyclic) bond motifs is 2. The van der Waals surface area contributed by atoms with E-state index in [1.165, 1.54) is 16.9 Å². The molecule has 3 N–H and O–H groups in total. The van der Waals surface area contributed by atoms with E-state index in [9.17, 15) is 4.79 Å². The molecular weight excluding hydrogens is 324 g/mol. The summed E-state index contributed by atoms with van der Waals surface area (Å²) in [5.41, 5.74) is 9.11. The van der Waals surface area contributed by atoms with Crippen LogP contribution >= 0.6 is 11.3 Å². The number of nitrogens with one attached hydrogen (secondary N) is 1. The molecule has 3 aromatic rings. The van der Waals surface area contributed by atoms with Crippen LogP contribution in [0.25, 0.3) is 10.2 Å². The second-order valence-corrected chi connectivity index (χ2v) is 7.42. The maximum atomic E-state index is 12.5. The monoisotopic (exact) mass is 342 g/mol. The zero-order chi connectivity index (χ0) is 16.8. The van der Waals surface area contributed by atoms with Gasteiger partial charge >= 0.3 is 0 Å². The summed E-state index contributed by atoms with van der Waals surface area (Å²) in [7, 11) is 0. The van der Waals surface area contributed by atoms with E-state index in [4.69, 9.17) is 15.2 Å². The SMILES string of the molecule is Cc1cc(NC(=O)c2sc3nc4c(cc3c2N)CC(C)CC4)no1. The number of nitrogens with two attached hydrogens (primary N) is 1. The molecule has 1 unspecified atom stereocenters. The molecule has 4 rings (SSSR count). The molecule has 124 valence electrons. The van der Waals surface area contributed by atoms with Gasteiger partial charge in [0.2, 0.25) is 0 Å². The lowest BCUT2D eigenvalue weighted by atomic mass is 9.87. The standard InChI is InChI=1S/C17H18N4O2S/c1-8-3-4-12-10(5-8)7-11-14(18)15(24-17(11)19-12)16(22)20-13-6-9(2)23-21-13/h6-8H,3-5,18H2,1-2H3,(H,20,21,22). The number of anilines is 2. The van der Waals surface area contributed by atoms with Crippen LogP contribution in [0.5, 0.6) is 0 Å². The summed E-state index contributed by atoms with van der Waals surface area (Å²) in [5.74, 6) is 1.40. The van der Waals surface area contributed by atoms with Crippen LogP contribution in [0.15, 0.2) is 16.7 Å². The third kappa shape index (κ3) is 2.54. The van der Waals surface area contributed by atoms with Gasteiger partial charge in [-0.3, -0.25) is 4.79 Å². The molecule has 0 saturated carbocycles. The summed E-state index contributed by atoms with van der Waals surface area (Å²) in [6.07, 6.45) is 3.17. The Bertz CT molecular complexity index is 944. The predicted octanol–water partition coefficient (Wildman–Crippen LogP) is 3.55. The number of aryl methyl sites for hydroxylation is 2. The molecule has 0 spiro atoms. The van der Waals surface area contributed by atoms with Crippen molar-refractivity contribution < 1.29 is 9.32 Å². The van der Waals surface area contributed by atoms with Crippen molar-refractivity contribution in [2.24, 2.45) is 5.92 Å². The van der Waals surface area contributed by atoms with Gasteiger partial charge in [-0.15, -0.1) is 11.3 Å². The average Bonchev–Trinajstić information content (AvgIpc) is 3.09. The highest BCUT2D eigenvalue weighted by atomic mass is 32.1. The van der Waals surface area contributed by atoms with Crippen LogP contribution in [0.1, 0.15) is 40.0 Å². The third-order valence-corrected chi connectivity index (χ3v) is 5.52. The maximum absolute atomic E-state index is 12.5. The molecule has 1 atom stereocenters. The molecule has 0 saturated heterocycles. The van der Waals surface area contributed by atoms with Gasteiger partial charge in [-0.2, -0.15) is 0 Å². The number of nitrogen functional groups attached to an aromatic ring is 1. The summed E-state index contributed by atoms with van der Waals surface area (Å²) in [6, 6.07) is 3.77. The second kappa shape index (κ2) is 5.59. The van der Waals surface area contributed by atoms with E-state index in [0.29, 0.717) is 28.1 Å². The highest BCUT2D eigenvalue weighted by molar-refractivity contribution is 7.21. The molecule has 0 radical (unpaired) electrons. The van der Waals surface area contributed by atoms with Crippen LogP contribution in [0, 0.1) is 12.8 Å². The quantitative estimate of drug-likeness (QED) is 0.743. The summed E-state index contributed by atoms with van der Waals surface area (Å²) >= 11 is 1.33. The fourth-order valence-corrected chi connectivity index (χ4v) is 4.13. The van der Waals surface area contributed by atoms with E-state index >= 15 is 0 Å². The number of amides is 1. The average molecular weight is 342 g/mol. The first kappa shape index (κ1) is 15.1. The number of hydrogen-bond acceptors (Lipinski definition) is 6. The molecule has 0 bridgehead atoms. The van der Waals surface area contributed by atoms with Crippen molar-refractivity contribution in [3.63, 3.8) is 0 Å². The minimum atomic E-state index is -0.282. The first-order valence-electron chi connectivity index (χ1n) is 7.96. The molecule has 0 fully saturated rings. The highest BCUT2D eigenvalue weighted by Crippen LogP contribution is 2.36. The smallest absolute Gasteiger partial charge is 0.269 e. The molecule has 3 aromatic heterocycles. The van der Waals surface area contributed by atoms with Crippen molar-refractivity contribution in [2.45, 2.75) is 33.1 Å². The van der Waals surface area contributed by atoms with Gasteiger partial charge in [0.25, 0.3) is 5.91 Å². The second-order valence-electron chi connectivity index (χ2n) is 6.42.